The standard InChI is InChI=1S/C19H21N/c1-2-3-4-7-16-10-12-17(13-11-16)14-15-18-8-5-6-9-19(18)20/h5-6,8-13H,2-4,7,20H2,1H3. The molecule has 0 aliphatic heterocycles. The molecule has 0 aromatic heterocycles. The highest BCUT2D eigenvalue weighted by Gasteiger charge is 1.94. The van der Waals surface area contributed by atoms with Gasteiger partial charge in [0.2, 0.25) is 0 Å². The highest BCUT2D eigenvalue weighted by Crippen LogP contribution is 2.10. The molecule has 0 unspecified atom stereocenters. The SMILES string of the molecule is CCCCCc1ccc(C#Cc2ccccc2N)cc1. The fourth-order valence-corrected chi connectivity index (χ4v) is 2.08. The first kappa shape index (κ1) is 14.2. The van der Waals surface area contributed by atoms with Crippen molar-refractivity contribution in [2.75, 3.05) is 5.73 Å². The smallest absolute Gasteiger partial charge is 0.0478 e. The summed E-state index contributed by atoms with van der Waals surface area (Å²) in [6.45, 7) is 2.23. The summed E-state index contributed by atoms with van der Waals surface area (Å²) in [7, 11) is 0. The normalized spacial score (nSPS) is 9.85. The Morgan fingerprint density at radius 2 is 1.65 bits per heavy atom. The van der Waals surface area contributed by atoms with Crippen molar-refractivity contribution >= 4 is 5.69 Å². The molecular weight excluding hydrogens is 242 g/mol. The van der Waals surface area contributed by atoms with Gasteiger partial charge in [-0.05, 0) is 42.7 Å². The number of anilines is 1. The van der Waals surface area contributed by atoms with Crippen LogP contribution < -0.4 is 5.73 Å². The number of nitrogen functional groups attached to an aromatic ring is 1. The van der Waals surface area contributed by atoms with Crippen LogP contribution >= 0.6 is 0 Å². The number of para-hydroxylation sites is 1. The van der Waals surface area contributed by atoms with E-state index in [1.165, 1.54) is 24.8 Å². The van der Waals surface area contributed by atoms with E-state index < -0.39 is 0 Å². The summed E-state index contributed by atoms with van der Waals surface area (Å²) < 4.78 is 0. The van der Waals surface area contributed by atoms with E-state index in [-0.39, 0.29) is 0 Å². The minimum Gasteiger partial charge on any atom is -0.398 e. The highest BCUT2D eigenvalue weighted by molar-refractivity contribution is 5.57. The second-order valence-corrected chi connectivity index (χ2v) is 4.99. The fraction of sp³-hybridized carbons (Fsp3) is 0.263. The minimum atomic E-state index is 0.733. The lowest BCUT2D eigenvalue weighted by atomic mass is 10.1. The summed E-state index contributed by atoms with van der Waals surface area (Å²) in [4.78, 5) is 0. The maximum atomic E-state index is 5.87. The van der Waals surface area contributed by atoms with E-state index in [9.17, 15) is 0 Å². The van der Waals surface area contributed by atoms with Gasteiger partial charge in [-0.3, -0.25) is 0 Å². The van der Waals surface area contributed by atoms with Crippen LogP contribution in [0.3, 0.4) is 0 Å². The topological polar surface area (TPSA) is 26.0 Å². The largest absolute Gasteiger partial charge is 0.398 e. The minimum absolute atomic E-state index is 0.733. The lowest BCUT2D eigenvalue weighted by Crippen LogP contribution is -1.88. The molecule has 0 atom stereocenters. The molecule has 0 fully saturated rings. The van der Waals surface area contributed by atoms with Crippen molar-refractivity contribution < 1.29 is 0 Å². The Bertz CT molecular complexity index is 600. The van der Waals surface area contributed by atoms with Crippen molar-refractivity contribution in [3.63, 3.8) is 0 Å². The molecular formula is C19H21N. The van der Waals surface area contributed by atoms with Gasteiger partial charge in [-0.25, -0.2) is 0 Å². The molecule has 1 heteroatoms. The first-order valence-corrected chi connectivity index (χ1v) is 7.25. The predicted molar refractivity (Wildman–Crippen MR) is 86.5 cm³/mol. The van der Waals surface area contributed by atoms with Crippen molar-refractivity contribution in [2.24, 2.45) is 0 Å². The third kappa shape index (κ3) is 4.17. The highest BCUT2D eigenvalue weighted by atomic mass is 14.5. The molecule has 1 nitrogen and oxygen atoms in total. The molecule has 2 N–H and O–H groups in total. The fourth-order valence-electron chi connectivity index (χ4n) is 2.08. The molecule has 0 radical (unpaired) electrons. The van der Waals surface area contributed by atoms with Crippen molar-refractivity contribution in [3.05, 3.63) is 65.2 Å². The molecule has 0 saturated carbocycles. The van der Waals surface area contributed by atoms with Crippen LogP contribution in [-0.2, 0) is 6.42 Å². The van der Waals surface area contributed by atoms with Gasteiger partial charge in [0.1, 0.15) is 0 Å². The molecule has 0 aliphatic carbocycles. The van der Waals surface area contributed by atoms with E-state index in [0.29, 0.717) is 0 Å². The Labute approximate surface area is 121 Å². The maximum absolute atomic E-state index is 5.87. The number of aryl methyl sites for hydroxylation is 1. The zero-order chi connectivity index (χ0) is 14.2. The number of hydrogen-bond acceptors (Lipinski definition) is 1. The Hall–Kier alpha value is -2.20. The van der Waals surface area contributed by atoms with E-state index in [1.54, 1.807) is 0 Å². The van der Waals surface area contributed by atoms with Crippen LogP contribution in [0.2, 0.25) is 0 Å². The van der Waals surface area contributed by atoms with Crippen LogP contribution in [0.25, 0.3) is 0 Å². The maximum Gasteiger partial charge on any atom is 0.0478 e. The van der Waals surface area contributed by atoms with Gasteiger partial charge in [-0.2, -0.15) is 0 Å². The molecule has 0 aliphatic rings. The van der Waals surface area contributed by atoms with E-state index in [4.69, 9.17) is 5.73 Å². The third-order valence-electron chi connectivity index (χ3n) is 3.33. The summed E-state index contributed by atoms with van der Waals surface area (Å²) in [6.07, 6.45) is 4.99. The molecule has 2 rings (SSSR count). The predicted octanol–water partition coefficient (Wildman–Crippen LogP) is 4.40. The molecule has 0 bridgehead atoms. The first-order chi connectivity index (χ1) is 9.79. The molecule has 0 heterocycles. The lowest BCUT2D eigenvalue weighted by Gasteiger charge is -2.00. The second-order valence-electron chi connectivity index (χ2n) is 4.99. The zero-order valence-corrected chi connectivity index (χ0v) is 12.0. The zero-order valence-electron chi connectivity index (χ0n) is 12.0. The molecule has 2 aromatic rings. The van der Waals surface area contributed by atoms with E-state index >= 15 is 0 Å². The Balaban J connectivity index is 2.03. The molecule has 20 heavy (non-hydrogen) atoms. The first-order valence-electron chi connectivity index (χ1n) is 7.25. The van der Waals surface area contributed by atoms with Crippen LogP contribution in [0, 0.1) is 11.8 Å². The number of hydrogen-bond donors (Lipinski definition) is 1. The monoisotopic (exact) mass is 263 g/mol. The number of unbranched alkanes of at least 4 members (excludes halogenated alkanes) is 2. The summed E-state index contributed by atoms with van der Waals surface area (Å²) >= 11 is 0. The third-order valence-corrected chi connectivity index (χ3v) is 3.33. The summed E-state index contributed by atoms with van der Waals surface area (Å²) in [5.74, 6) is 6.29. The molecule has 102 valence electrons. The number of rotatable bonds is 4. The molecule has 0 spiro atoms. The van der Waals surface area contributed by atoms with Crippen LogP contribution in [0.4, 0.5) is 5.69 Å². The Morgan fingerprint density at radius 3 is 2.35 bits per heavy atom. The van der Waals surface area contributed by atoms with Gasteiger partial charge < -0.3 is 5.73 Å². The van der Waals surface area contributed by atoms with Gasteiger partial charge >= 0.3 is 0 Å². The molecule has 0 saturated heterocycles. The van der Waals surface area contributed by atoms with Crippen molar-refractivity contribution in [1.82, 2.24) is 0 Å². The van der Waals surface area contributed by atoms with Gasteiger partial charge in [0.15, 0.2) is 0 Å². The van der Waals surface area contributed by atoms with E-state index in [2.05, 4.69) is 43.0 Å². The van der Waals surface area contributed by atoms with Crippen LogP contribution in [0.1, 0.15) is 42.9 Å². The van der Waals surface area contributed by atoms with Crippen molar-refractivity contribution in [2.45, 2.75) is 32.6 Å². The molecule has 2 aromatic carbocycles. The van der Waals surface area contributed by atoms with Crippen LogP contribution in [0.5, 0.6) is 0 Å². The summed E-state index contributed by atoms with van der Waals surface area (Å²) in [5.41, 5.74) is 9.92. The van der Waals surface area contributed by atoms with Gasteiger partial charge in [-0.1, -0.05) is 55.9 Å². The van der Waals surface area contributed by atoms with Crippen molar-refractivity contribution in [1.29, 1.82) is 0 Å². The summed E-state index contributed by atoms with van der Waals surface area (Å²) in [5, 5.41) is 0. The Morgan fingerprint density at radius 1 is 0.900 bits per heavy atom. The average Bonchev–Trinajstić information content (AvgIpc) is 2.48. The molecule has 0 amide bonds. The lowest BCUT2D eigenvalue weighted by molar-refractivity contribution is 0.717. The van der Waals surface area contributed by atoms with Crippen LogP contribution in [0.15, 0.2) is 48.5 Å². The van der Waals surface area contributed by atoms with Crippen LogP contribution in [-0.4, -0.2) is 0 Å². The second kappa shape index (κ2) is 7.40. The van der Waals surface area contributed by atoms with Gasteiger partial charge in [-0.15, -0.1) is 0 Å². The van der Waals surface area contributed by atoms with Gasteiger partial charge in [0.25, 0.3) is 0 Å². The van der Waals surface area contributed by atoms with Crippen molar-refractivity contribution in [3.8, 4) is 11.8 Å². The average molecular weight is 263 g/mol. The number of benzene rings is 2. The quantitative estimate of drug-likeness (QED) is 0.494. The summed E-state index contributed by atoms with van der Waals surface area (Å²) in [6, 6.07) is 16.2. The van der Waals surface area contributed by atoms with E-state index in [1.807, 2.05) is 24.3 Å². The van der Waals surface area contributed by atoms with Gasteiger partial charge in [0.05, 0.1) is 0 Å². The van der Waals surface area contributed by atoms with E-state index in [0.717, 1.165) is 23.2 Å². The number of nitrogens with two attached hydrogens (primary N) is 1. The Kier molecular flexibility index (Phi) is 5.26. The van der Waals surface area contributed by atoms with Gasteiger partial charge in [0, 0.05) is 16.8 Å².